The number of amides is 1. The Hall–Kier alpha value is -4.70. The Kier molecular flexibility index (Phi) is 5.83. The Labute approximate surface area is 239 Å². The van der Waals surface area contributed by atoms with Crippen LogP contribution in [0.5, 0.6) is 0 Å². The van der Waals surface area contributed by atoms with Crippen LogP contribution in [0.3, 0.4) is 0 Å². The van der Waals surface area contributed by atoms with Crippen LogP contribution in [0.4, 0.5) is 14.5 Å². The summed E-state index contributed by atoms with van der Waals surface area (Å²) in [5.74, 6) is -0.973. The van der Waals surface area contributed by atoms with E-state index in [2.05, 4.69) is 28.8 Å². The van der Waals surface area contributed by atoms with Gasteiger partial charge in [-0.3, -0.25) is 4.79 Å². The van der Waals surface area contributed by atoms with Crippen LogP contribution in [-0.4, -0.2) is 39.3 Å². The van der Waals surface area contributed by atoms with Crippen molar-refractivity contribution in [2.24, 2.45) is 0 Å². The van der Waals surface area contributed by atoms with Gasteiger partial charge < -0.3 is 14.2 Å². The summed E-state index contributed by atoms with van der Waals surface area (Å²) < 4.78 is 33.6. The zero-order valence-electron chi connectivity index (χ0n) is 22.2. The lowest BCUT2D eigenvalue weighted by atomic mass is 10.00. The normalized spacial score (nSPS) is 12.4. The van der Waals surface area contributed by atoms with E-state index in [0.717, 1.165) is 46.7 Å². The monoisotopic (exact) mass is 566 g/mol. The van der Waals surface area contributed by atoms with Crippen LogP contribution in [0.1, 0.15) is 16.1 Å². The molecule has 0 saturated heterocycles. The van der Waals surface area contributed by atoms with Crippen molar-refractivity contribution in [3.05, 3.63) is 95.7 Å². The molecule has 7 nitrogen and oxygen atoms in total. The number of hydrogen-bond acceptors (Lipinski definition) is 5. The molecule has 4 heterocycles. The van der Waals surface area contributed by atoms with E-state index in [1.165, 1.54) is 22.9 Å². The van der Waals surface area contributed by atoms with E-state index in [4.69, 9.17) is 10.1 Å². The number of hydrogen-bond donors (Lipinski definition) is 2. The van der Waals surface area contributed by atoms with Crippen molar-refractivity contribution in [3.63, 3.8) is 0 Å². The van der Waals surface area contributed by atoms with Gasteiger partial charge in [-0.05, 0) is 72.6 Å². The highest BCUT2D eigenvalue weighted by molar-refractivity contribution is 7.81. The fraction of sp³-hybridized carbons (Fsp3) is 0.129. The molecule has 204 valence electrons. The van der Waals surface area contributed by atoms with Crippen molar-refractivity contribution in [2.45, 2.75) is 13.0 Å². The smallest absolute Gasteiger partial charge is 0.270 e. The molecule has 10 heteroatoms. The van der Waals surface area contributed by atoms with Gasteiger partial charge in [0.2, 0.25) is 0 Å². The first-order chi connectivity index (χ1) is 19.8. The largest absolute Gasteiger partial charge is 0.354 e. The number of anilines is 1. The third-order valence-corrected chi connectivity index (χ3v) is 7.86. The number of nitrogens with one attached hydrogen (secondary N) is 1. The van der Waals surface area contributed by atoms with Gasteiger partial charge >= 0.3 is 0 Å². The van der Waals surface area contributed by atoms with Crippen LogP contribution >= 0.6 is 12.8 Å². The van der Waals surface area contributed by atoms with Crippen molar-refractivity contribution in [2.75, 3.05) is 18.4 Å². The summed E-state index contributed by atoms with van der Waals surface area (Å²) in [5, 5.41) is 8.59. The van der Waals surface area contributed by atoms with E-state index in [1.807, 2.05) is 37.4 Å². The molecule has 0 spiro atoms. The highest BCUT2D eigenvalue weighted by atomic mass is 32.1. The van der Waals surface area contributed by atoms with Gasteiger partial charge in [-0.25, -0.2) is 18.4 Å². The van der Waals surface area contributed by atoms with Crippen molar-refractivity contribution < 1.29 is 13.6 Å². The topological polar surface area (TPSA) is 68.0 Å². The lowest BCUT2D eigenvalue weighted by Crippen LogP contribution is -2.21. The van der Waals surface area contributed by atoms with Crippen LogP contribution in [0.2, 0.25) is 0 Å². The Balaban J connectivity index is 1.45. The maximum Gasteiger partial charge on any atom is 0.270 e. The Morgan fingerprint density at radius 3 is 2.59 bits per heavy atom. The number of aromatic nitrogens is 4. The molecule has 3 aromatic heterocycles. The molecule has 1 amide bonds. The second kappa shape index (κ2) is 9.45. The van der Waals surface area contributed by atoms with E-state index in [0.29, 0.717) is 33.4 Å². The fourth-order valence-electron chi connectivity index (χ4n) is 5.68. The summed E-state index contributed by atoms with van der Waals surface area (Å²) in [6.07, 6.45) is 0.777. The average Bonchev–Trinajstić information content (AvgIpc) is 3.55. The minimum atomic E-state index is -0.381. The first-order valence-electron chi connectivity index (χ1n) is 13.1. The Morgan fingerprint density at radius 1 is 1.02 bits per heavy atom. The van der Waals surface area contributed by atoms with Gasteiger partial charge in [0.25, 0.3) is 5.91 Å². The van der Waals surface area contributed by atoms with E-state index in [9.17, 15) is 13.6 Å². The molecule has 1 aliphatic heterocycles. The second-order valence-electron chi connectivity index (χ2n) is 10.0. The van der Waals surface area contributed by atoms with Crippen molar-refractivity contribution in [1.82, 2.24) is 24.6 Å². The van der Waals surface area contributed by atoms with Gasteiger partial charge in [0.1, 0.15) is 17.3 Å². The molecule has 41 heavy (non-hydrogen) atoms. The van der Waals surface area contributed by atoms with Gasteiger partial charge in [-0.2, -0.15) is 5.10 Å². The van der Waals surface area contributed by atoms with Gasteiger partial charge in [0, 0.05) is 37.0 Å². The SMILES string of the molecule is CNC(=O)c1c2cc(-c3ccc4c(n3)-c3cc5c(F)cccc5n3CC4)c(N(C)S)cc2nn1-c1ccc(F)cc1. The number of fused-ring (bicyclic) bond motifs is 6. The minimum absolute atomic E-state index is 0.258. The van der Waals surface area contributed by atoms with E-state index in [1.54, 1.807) is 29.6 Å². The second-order valence-corrected chi connectivity index (χ2v) is 10.6. The number of pyridine rings is 1. The molecular weight excluding hydrogens is 542 g/mol. The van der Waals surface area contributed by atoms with Crippen LogP contribution in [0.15, 0.2) is 72.8 Å². The van der Waals surface area contributed by atoms with Crippen LogP contribution in [0, 0.1) is 11.6 Å². The third kappa shape index (κ3) is 3.97. The summed E-state index contributed by atoms with van der Waals surface area (Å²) >= 11 is 4.60. The Morgan fingerprint density at radius 2 is 1.83 bits per heavy atom. The van der Waals surface area contributed by atoms with Crippen LogP contribution in [0.25, 0.3) is 50.1 Å². The summed E-state index contributed by atoms with van der Waals surface area (Å²) in [5.41, 5.74) is 7.20. The number of thiol groups is 1. The average molecular weight is 567 g/mol. The van der Waals surface area contributed by atoms with Crippen molar-refractivity contribution >= 4 is 46.2 Å². The summed E-state index contributed by atoms with van der Waals surface area (Å²) in [7, 11) is 3.36. The molecule has 0 aliphatic carbocycles. The number of rotatable bonds is 4. The predicted octanol–water partition coefficient (Wildman–Crippen LogP) is 6.18. The summed E-state index contributed by atoms with van der Waals surface area (Å²) in [4.78, 5) is 18.2. The molecule has 0 radical (unpaired) electrons. The zero-order chi connectivity index (χ0) is 28.4. The molecule has 1 N–H and O–H groups in total. The van der Waals surface area contributed by atoms with Gasteiger partial charge in [-0.15, -0.1) is 0 Å². The maximum atomic E-state index is 14.7. The molecule has 0 atom stereocenters. The molecular formula is C31H24F2N6OS. The molecule has 7 rings (SSSR count). The van der Waals surface area contributed by atoms with Gasteiger partial charge in [-0.1, -0.05) is 24.9 Å². The van der Waals surface area contributed by atoms with Gasteiger partial charge in [0.15, 0.2) is 0 Å². The molecule has 1 aliphatic rings. The summed E-state index contributed by atoms with van der Waals surface area (Å²) in [6.45, 7) is 0.741. The molecule has 3 aromatic carbocycles. The lowest BCUT2D eigenvalue weighted by Gasteiger charge is -2.21. The quantitative estimate of drug-likeness (QED) is 0.250. The van der Waals surface area contributed by atoms with Crippen LogP contribution in [-0.2, 0) is 13.0 Å². The molecule has 0 unspecified atom stereocenters. The highest BCUT2D eigenvalue weighted by Crippen LogP contribution is 2.40. The van der Waals surface area contributed by atoms with E-state index in [-0.39, 0.29) is 17.5 Å². The number of carbonyl (C=O) groups excluding carboxylic acids is 1. The first-order valence-corrected chi connectivity index (χ1v) is 13.5. The molecule has 0 fully saturated rings. The third-order valence-electron chi connectivity index (χ3n) is 7.65. The van der Waals surface area contributed by atoms with E-state index < -0.39 is 0 Å². The lowest BCUT2D eigenvalue weighted by molar-refractivity contribution is 0.0957. The van der Waals surface area contributed by atoms with Crippen molar-refractivity contribution in [3.8, 4) is 28.3 Å². The number of carbonyl (C=O) groups is 1. The first kappa shape index (κ1) is 25.3. The molecule has 6 aromatic rings. The Bertz CT molecular complexity index is 2010. The van der Waals surface area contributed by atoms with Crippen molar-refractivity contribution in [1.29, 1.82) is 0 Å². The van der Waals surface area contributed by atoms with Gasteiger partial charge in [0.05, 0.1) is 39.5 Å². The zero-order valence-corrected chi connectivity index (χ0v) is 23.1. The number of nitrogens with zero attached hydrogens (tertiary/aromatic N) is 5. The highest BCUT2D eigenvalue weighted by Gasteiger charge is 2.25. The standard InChI is InChI=1S/C31H24F2N6OS/c1-34-31(40)30-22-14-21(27(37(2)41)16-25(22)36-39(30)19-9-7-18(32)8-10-19)24-11-6-17-12-13-38-26-5-3-4-23(33)20(26)15-28(38)29(17)35-24/h3-11,14-16,41H,12-13H2,1-2H3,(H,34,40). The number of halogens is 2. The molecule has 0 saturated carbocycles. The number of benzene rings is 3. The van der Waals surface area contributed by atoms with E-state index >= 15 is 0 Å². The maximum absolute atomic E-state index is 14.7. The van der Waals surface area contributed by atoms with Crippen LogP contribution < -0.4 is 9.62 Å². The fourth-order valence-corrected chi connectivity index (χ4v) is 5.85. The number of aryl methyl sites for hydroxylation is 2. The minimum Gasteiger partial charge on any atom is -0.354 e. The predicted molar refractivity (Wildman–Crippen MR) is 160 cm³/mol. The molecule has 0 bridgehead atoms. The summed E-state index contributed by atoms with van der Waals surface area (Å²) in [6, 6.07) is 20.6.